The first-order chi connectivity index (χ1) is 12.4. The maximum absolute atomic E-state index is 12.9. The fourth-order valence-electron chi connectivity index (χ4n) is 2.72. The first-order valence-electron chi connectivity index (χ1n) is 8.30. The molecular formula is C18H20FN3O3S. The predicted octanol–water partition coefficient (Wildman–Crippen LogP) is 1.60. The predicted molar refractivity (Wildman–Crippen MR) is 96.8 cm³/mol. The van der Waals surface area contributed by atoms with E-state index in [1.165, 1.54) is 12.1 Å². The number of hydrogen-bond acceptors (Lipinski definition) is 4. The minimum absolute atomic E-state index is 0.0168. The molecule has 0 saturated carbocycles. The number of benzene rings is 2. The topological polar surface area (TPSA) is 78.5 Å². The molecule has 1 fully saturated rings. The third-order valence-electron chi connectivity index (χ3n) is 4.16. The van der Waals surface area contributed by atoms with E-state index in [2.05, 4.69) is 10.0 Å². The minimum atomic E-state index is -3.78. The summed E-state index contributed by atoms with van der Waals surface area (Å²) in [7, 11) is -3.78. The largest absolute Gasteiger partial charge is 0.340 e. The standard InChI is InChI=1S/C18H20FN3O3S/c19-15-3-7-17(8-4-15)26(24,25)21-16-5-1-14(2-6-16)13-18(23)22-11-9-20-10-12-22/h1-8,20-21H,9-13H2. The van der Waals surface area contributed by atoms with Crippen molar-refractivity contribution in [2.24, 2.45) is 0 Å². The highest BCUT2D eigenvalue weighted by atomic mass is 32.2. The first kappa shape index (κ1) is 18.3. The number of sulfonamides is 1. The highest BCUT2D eigenvalue weighted by Gasteiger charge is 2.17. The van der Waals surface area contributed by atoms with Gasteiger partial charge in [0, 0.05) is 31.9 Å². The van der Waals surface area contributed by atoms with Crippen molar-refractivity contribution in [2.45, 2.75) is 11.3 Å². The number of carbonyl (C=O) groups is 1. The average Bonchev–Trinajstić information content (AvgIpc) is 2.64. The zero-order chi connectivity index (χ0) is 18.6. The number of anilines is 1. The molecule has 0 bridgehead atoms. The molecule has 2 aromatic carbocycles. The Morgan fingerprint density at radius 1 is 1.04 bits per heavy atom. The van der Waals surface area contributed by atoms with Crippen LogP contribution in [0.4, 0.5) is 10.1 Å². The van der Waals surface area contributed by atoms with Gasteiger partial charge in [-0.2, -0.15) is 0 Å². The van der Waals surface area contributed by atoms with Crippen molar-refractivity contribution in [3.63, 3.8) is 0 Å². The fraction of sp³-hybridized carbons (Fsp3) is 0.278. The Morgan fingerprint density at radius 2 is 1.65 bits per heavy atom. The maximum Gasteiger partial charge on any atom is 0.261 e. The maximum atomic E-state index is 12.9. The Balaban J connectivity index is 1.63. The molecule has 1 aliphatic heterocycles. The summed E-state index contributed by atoms with van der Waals surface area (Å²) in [6, 6.07) is 11.3. The van der Waals surface area contributed by atoms with Gasteiger partial charge in [0.2, 0.25) is 5.91 Å². The van der Waals surface area contributed by atoms with Gasteiger partial charge in [-0.3, -0.25) is 9.52 Å². The summed E-state index contributed by atoms with van der Waals surface area (Å²) in [6.07, 6.45) is 0.283. The summed E-state index contributed by atoms with van der Waals surface area (Å²) in [4.78, 5) is 14.1. The molecule has 26 heavy (non-hydrogen) atoms. The van der Waals surface area contributed by atoms with Crippen molar-refractivity contribution in [2.75, 3.05) is 30.9 Å². The molecule has 0 aromatic heterocycles. The molecule has 2 N–H and O–H groups in total. The molecule has 8 heteroatoms. The van der Waals surface area contributed by atoms with E-state index in [0.717, 1.165) is 30.8 Å². The van der Waals surface area contributed by atoms with E-state index in [4.69, 9.17) is 0 Å². The molecule has 1 aliphatic rings. The van der Waals surface area contributed by atoms with Gasteiger partial charge >= 0.3 is 0 Å². The lowest BCUT2D eigenvalue weighted by molar-refractivity contribution is -0.131. The van der Waals surface area contributed by atoms with E-state index in [-0.39, 0.29) is 17.2 Å². The molecule has 1 saturated heterocycles. The fourth-order valence-corrected chi connectivity index (χ4v) is 3.78. The van der Waals surface area contributed by atoms with Crippen LogP contribution in [0.2, 0.25) is 0 Å². The Morgan fingerprint density at radius 3 is 2.27 bits per heavy atom. The zero-order valence-corrected chi connectivity index (χ0v) is 14.9. The van der Waals surface area contributed by atoms with E-state index >= 15 is 0 Å². The van der Waals surface area contributed by atoms with Crippen molar-refractivity contribution in [3.05, 3.63) is 59.9 Å². The lowest BCUT2D eigenvalue weighted by atomic mass is 10.1. The van der Waals surface area contributed by atoms with Crippen molar-refractivity contribution < 1.29 is 17.6 Å². The molecule has 1 heterocycles. The molecule has 3 rings (SSSR count). The second-order valence-corrected chi connectivity index (χ2v) is 7.75. The van der Waals surface area contributed by atoms with E-state index in [1.807, 2.05) is 4.90 Å². The number of carbonyl (C=O) groups excluding carboxylic acids is 1. The lowest BCUT2D eigenvalue weighted by Gasteiger charge is -2.27. The molecule has 0 unspecified atom stereocenters. The van der Waals surface area contributed by atoms with Crippen molar-refractivity contribution in [3.8, 4) is 0 Å². The molecular weight excluding hydrogens is 357 g/mol. The van der Waals surface area contributed by atoms with Crippen molar-refractivity contribution >= 4 is 21.6 Å². The van der Waals surface area contributed by atoms with Crippen LogP contribution in [-0.2, 0) is 21.2 Å². The Kier molecular flexibility index (Phi) is 5.53. The van der Waals surface area contributed by atoms with Gasteiger partial charge in [0.05, 0.1) is 11.3 Å². The summed E-state index contributed by atoms with van der Waals surface area (Å²) in [5.41, 5.74) is 1.20. The van der Waals surface area contributed by atoms with Crippen LogP contribution in [0.15, 0.2) is 53.4 Å². The van der Waals surface area contributed by atoms with Gasteiger partial charge in [0.25, 0.3) is 10.0 Å². The van der Waals surface area contributed by atoms with Crippen LogP contribution in [0.25, 0.3) is 0 Å². The summed E-state index contributed by atoms with van der Waals surface area (Å²) in [6.45, 7) is 3.01. The van der Waals surface area contributed by atoms with Crippen molar-refractivity contribution in [1.29, 1.82) is 0 Å². The van der Waals surface area contributed by atoms with E-state index < -0.39 is 15.8 Å². The molecule has 0 radical (unpaired) electrons. The van der Waals surface area contributed by atoms with E-state index in [1.54, 1.807) is 24.3 Å². The van der Waals surface area contributed by atoms with Crippen LogP contribution in [0.1, 0.15) is 5.56 Å². The van der Waals surface area contributed by atoms with Crippen LogP contribution in [0.5, 0.6) is 0 Å². The third-order valence-corrected chi connectivity index (χ3v) is 5.55. The summed E-state index contributed by atoms with van der Waals surface area (Å²) < 4.78 is 39.9. The monoisotopic (exact) mass is 377 g/mol. The Hall–Kier alpha value is -2.45. The minimum Gasteiger partial charge on any atom is -0.340 e. The second kappa shape index (κ2) is 7.84. The van der Waals surface area contributed by atoms with Gasteiger partial charge < -0.3 is 10.2 Å². The number of rotatable bonds is 5. The summed E-state index contributed by atoms with van der Waals surface area (Å²) >= 11 is 0. The molecule has 0 aliphatic carbocycles. The average molecular weight is 377 g/mol. The number of hydrogen-bond donors (Lipinski definition) is 2. The van der Waals surface area contributed by atoms with Gasteiger partial charge in [0.1, 0.15) is 5.82 Å². The molecule has 6 nitrogen and oxygen atoms in total. The van der Waals surface area contributed by atoms with Crippen LogP contribution in [0.3, 0.4) is 0 Å². The number of halogens is 1. The number of nitrogens with one attached hydrogen (secondary N) is 2. The number of piperazine rings is 1. The molecule has 138 valence electrons. The highest BCUT2D eigenvalue weighted by Crippen LogP contribution is 2.17. The van der Waals surface area contributed by atoms with Crippen LogP contribution >= 0.6 is 0 Å². The third kappa shape index (κ3) is 4.59. The van der Waals surface area contributed by atoms with Gasteiger partial charge in [-0.15, -0.1) is 0 Å². The van der Waals surface area contributed by atoms with Crippen molar-refractivity contribution in [1.82, 2.24) is 10.2 Å². The lowest BCUT2D eigenvalue weighted by Crippen LogP contribution is -2.46. The van der Waals surface area contributed by atoms with Crippen LogP contribution < -0.4 is 10.0 Å². The summed E-state index contributed by atoms with van der Waals surface area (Å²) in [5.74, 6) is -0.436. The van der Waals surface area contributed by atoms with Gasteiger partial charge in [-0.25, -0.2) is 12.8 Å². The number of amides is 1. The normalized spacial score (nSPS) is 14.9. The van der Waals surface area contributed by atoms with Crippen LogP contribution in [-0.4, -0.2) is 45.4 Å². The van der Waals surface area contributed by atoms with Gasteiger partial charge in [0.15, 0.2) is 0 Å². The summed E-state index contributed by atoms with van der Waals surface area (Å²) in [5, 5.41) is 3.20. The first-order valence-corrected chi connectivity index (χ1v) is 9.78. The second-order valence-electron chi connectivity index (χ2n) is 6.06. The van der Waals surface area contributed by atoms with Gasteiger partial charge in [-0.05, 0) is 42.0 Å². The molecule has 0 atom stereocenters. The van der Waals surface area contributed by atoms with Gasteiger partial charge in [-0.1, -0.05) is 12.1 Å². The quantitative estimate of drug-likeness (QED) is 0.830. The molecule has 1 amide bonds. The molecule has 0 spiro atoms. The SMILES string of the molecule is O=C(Cc1ccc(NS(=O)(=O)c2ccc(F)cc2)cc1)N1CCNCC1. The number of nitrogens with zero attached hydrogens (tertiary/aromatic N) is 1. The van der Waals surface area contributed by atoms with E-state index in [0.29, 0.717) is 18.8 Å². The Labute approximate surface area is 152 Å². The highest BCUT2D eigenvalue weighted by molar-refractivity contribution is 7.92. The smallest absolute Gasteiger partial charge is 0.261 e. The zero-order valence-electron chi connectivity index (χ0n) is 14.1. The van der Waals surface area contributed by atoms with Crippen LogP contribution in [0, 0.1) is 5.82 Å². The molecule has 2 aromatic rings. The Bertz CT molecular complexity index is 862. The van der Waals surface area contributed by atoms with E-state index in [9.17, 15) is 17.6 Å².